The van der Waals surface area contributed by atoms with Crippen LogP contribution in [0.15, 0.2) is 71.9 Å². The SMILES string of the molecule is CCOC(=O)CCN(C(=O)c1ccc2c(c1)nc(CNc1ccc(/C(N)=N/C(=O)OCCOC(=O)[C@@H](NC(=O)OC(C)(C)C)C(C)C)cc1)n2C)c1ccccn1. The lowest BCUT2D eigenvalue weighted by Crippen LogP contribution is -2.47. The Morgan fingerprint density at radius 1 is 0.947 bits per heavy atom. The third kappa shape index (κ3) is 12.8. The Morgan fingerprint density at radius 2 is 1.65 bits per heavy atom. The van der Waals surface area contributed by atoms with Gasteiger partial charge in [0.25, 0.3) is 5.91 Å². The molecule has 17 heteroatoms. The molecule has 57 heavy (non-hydrogen) atoms. The van der Waals surface area contributed by atoms with Gasteiger partial charge in [0.2, 0.25) is 0 Å². The summed E-state index contributed by atoms with van der Waals surface area (Å²) in [5, 5.41) is 5.81. The number of amidine groups is 1. The Labute approximate surface area is 330 Å². The molecular weight excluding hydrogens is 736 g/mol. The van der Waals surface area contributed by atoms with Crippen LogP contribution < -0.4 is 21.3 Å². The Morgan fingerprint density at radius 3 is 2.30 bits per heavy atom. The third-order valence-electron chi connectivity index (χ3n) is 8.23. The molecule has 304 valence electrons. The lowest BCUT2D eigenvalue weighted by Gasteiger charge is -2.24. The first-order chi connectivity index (χ1) is 27.1. The molecule has 0 aliphatic rings. The fraction of sp³-hybridized carbons (Fsp3) is 0.400. The van der Waals surface area contributed by atoms with Gasteiger partial charge in [0, 0.05) is 36.6 Å². The van der Waals surface area contributed by atoms with Crippen molar-refractivity contribution < 1.29 is 42.9 Å². The van der Waals surface area contributed by atoms with E-state index in [4.69, 9.17) is 29.7 Å². The van der Waals surface area contributed by atoms with E-state index in [0.29, 0.717) is 34.8 Å². The Bertz CT molecular complexity index is 2060. The molecule has 0 bridgehead atoms. The summed E-state index contributed by atoms with van der Waals surface area (Å²) in [4.78, 5) is 77.0. The van der Waals surface area contributed by atoms with Crippen LogP contribution in [0.3, 0.4) is 0 Å². The van der Waals surface area contributed by atoms with E-state index in [2.05, 4.69) is 20.6 Å². The Kier molecular flexibility index (Phi) is 15.1. The lowest BCUT2D eigenvalue weighted by molar-refractivity contribution is -0.148. The number of fused-ring (bicyclic) bond motifs is 1. The number of alkyl carbamates (subject to hydrolysis) is 1. The minimum Gasteiger partial charge on any atom is -0.466 e. The second-order valence-electron chi connectivity index (χ2n) is 14.1. The van der Waals surface area contributed by atoms with Gasteiger partial charge in [-0.1, -0.05) is 19.9 Å². The van der Waals surface area contributed by atoms with Crippen LogP contribution in [-0.4, -0.2) is 88.4 Å². The van der Waals surface area contributed by atoms with Gasteiger partial charge in [-0.15, -0.1) is 0 Å². The minimum absolute atomic E-state index is 0.0178. The molecule has 0 fully saturated rings. The van der Waals surface area contributed by atoms with Crippen LogP contribution in [0.5, 0.6) is 0 Å². The minimum atomic E-state index is -0.967. The molecule has 0 saturated heterocycles. The largest absolute Gasteiger partial charge is 0.466 e. The molecule has 0 unspecified atom stereocenters. The molecule has 4 aromatic rings. The number of pyridine rings is 1. The number of carbonyl (C=O) groups is 5. The van der Waals surface area contributed by atoms with Gasteiger partial charge in [0.05, 0.1) is 30.6 Å². The molecule has 0 aliphatic heterocycles. The number of rotatable bonds is 16. The maximum atomic E-state index is 13.7. The molecule has 0 aliphatic carbocycles. The molecule has 17 nitrogen and oxygen atoms in total. The van der Waals surface area contributed by atoms with Crippen molar-refractivity contribution in [2.24, 2.45) is 23.7 Å². The highest BCUT2D eigenvalue weighted by Gasteiger charge is 2.28. The van der Waals surface area contributed by atoms with Crippen LogP contribution in [0.4, 0.5) is 21.1 Å². The number of hydrogen-bond donors (Lipinski definition) is 3. The number of ether oxygens (including phenoxy) is 4. The summed E-state index contributed by atoms with van der Waals surface area (Å²) < 4.78 is 22.4. The molecule has 2 aromatic heterocycles. The van der Waals surface area contributed by atoms with E-state index in [1.165, 1.54) is 4.90 Å². The summed E-state index contributed by atoms with van der Waals surface area (Å²) in [5.41, 5.74) is 8.35. The molecule has 3 amide bonds. The number of aryl methyl sites for hydroxylation is 1. The fourth-order valence-corrected chi connectivity index (χ4v) is 5.39. The lowest BCUT2D eigenvalue weighted by atomic mass is 10.1. The topological polar surface area (TPSA) is 219 Å². The quantitative estimate of drug-likeness (QED) is 0.0443. The number of imidazole rings is 1. The highest BCUT2D eigenvalue weighted by molar-refractivity contribution is 6.07. The summed E-state index contributed by atoms with van der Waals surface area (Å²) in [6.45, 7) is 10.5. The first-order valence-electron chi connectivity index (χ1n) is 18.4. The summed E-state index contributed by atoms with van der Waals surface area (Å²) >= 11 is 0. The van der Waals surface area contributed by atoms with Crippen molar-refractivity contribution in [3.8, 4) is 0 Å². The van der Waals surface area contributed by atoms with E-state index in [0.717, 1.165) is 11.2 Å². The van der Waals surface area contributed by atoms with Gasteiger partial charge < -0.3 is 39.9 Å². The van der Waals surface area contributed by atoms with E-state index in [1.807, 2.05) is 17.7 Å². The second kappa shape index (κ2) is 19.9. The van der Waals surface area contributed by atoms with E-state index in [1.54, 1.807) is 102 Å². The number of aromatic nitrogens is 3. The van der Waals surface area contributed by atoms with E-state index < -0.39 is 35.8 Å². The van der Waals surface area contributed by atoms with Crippen molar-refractivity contribution in [1.82, 2.24) is 19.9 Å². The second-order valence-corrected chi connectivity index (χ2v) is 14.1. The standard InChI is InChI=1S/C40H50N8O9/c1-8-54-33(49)18-20-48(31-11-9-10-19-42-31)36(50)27-14-17-30-29(23-27)44-32(47(30)7)24-43-28-15-12-26(13-16-28)35(41)46-38(52)56-22-21-55-37(51)34(25(2)3)45-39(53)57-40(4,5)6/h9-17,19,23,25,34,43H,8,18,20-22,24H2,1-7H3,(H,45,53)(H2,41,46,52)/t34-/m0/s1. The van der Waals surface area contributed by atoms with Crippen molar-refractivity contribution in [2.45, 2.75) is 66.2 Å². The van der Waals surface area contributed by atoms with Crippen molar-refractivity contribution in [1.29, 1.82) is 0 Å². The first kappa shape index (κ1) is 43.2. The number of esters is 2. The first-order valence-corrected chi connectivity index (χ1v) is 18.4. The zero-order chi connectivity index (χ0) is 41.7. The van der Waals surface area contributed by atoms with Gasteiger partial charge >= 0.3 is 24.1 Å². The van der Waals surface area contributed by atoms with Crippen LogP contribution in [0.25, 0.3) is 11.0 Å². The van der Waals surface area contributed by atoms with E-state index >= 15 is 0 Å². The van der Waals surface area contributed by atoms with Crippen LogP contribution in [0, 0.1) is 5.92 Å². The number of hydrogen-bond acceptors (Lipinski definition) is 12. The third-order valence-corrected chi connectivity index (χ3v) is 8.23. The smallest absolute Gasteiger partial charge is 0.435 e. The van der Waals surface area contributed by atoms with Crippen molar-refractivity contribution in [3.63, 3.8) is 0 Å². The molecule has 0 spiro atoms. The number of carbonyl (C=O) groups excluding carboxylic acids is 5. The van der Waals surface area contributed by atoms with E-state index in [-0.39, 0.29) is 50.4 Å². The molecule has 2 heterocycles. The summed E-state index contributed by atoms with van der Waals surface area (Å²) in [6.07, 6.45) is -0.114. The zero-order valence-electron chi connectivity index (χ0n) is 33.2. The Hall–Kier alpha value is -6.52. The number of benzene rings is 2. The average Bonchev–Trinajstić information content (AvgIpc) is 3.48. The summed E-state index contributed by atoms with van der Waals surface area (Å²) in [5.74, 6) is -0.667. The van der Waals surface area contributed by atoms with Crippen LogP contribution >= 0.6 is 0 Å². The molecule has 4 N–H and O–H groups in total. The molecular formula is C40H50N8O9. The normalized spacial score (nSPS) is 12.1. The average molecular weight is 787 g/mol. The van der Waals surface area contributed by atoms with Crippen molar-refractivity contribution >= 4 is 58.4 Å². The number of nitrogens with two attached hydrogens (primary N) is 1. The van der Waals surface area contributed by atoms with Gasteiger partial charge in [0.1, 0.15) is 42.3 Å². The van der Waals surface area contributed by atoms with E-state index in [9.17, 15) is 24.0 Å². The highest BCUT2D eigenvalue weighted by Crippen LogP contribution is 2.22. The van der Waals surface area contributed by atoms with Gasteiger partial charge in [-0.25, -0.2) is 24.4 Å². The molecule has 2 aromatic carbocycles. The molecule has 4 rings (SSSR count). The number of amides is 3. The Balaban J connectivity index is 1.30. The monoisotopic (exact) mass is 786 g/mol. The van der Waals surface area contributed by atoms with Gasteiger partial charge in [-0.3, -0.25) is 14.5 Å². The van der Waals surface area contributed by atoms with Crippen LogP contribution in [0.1, 0.15) is 69.7 Å². The van der Waals surface area contributed by atoms with Gasteiger partial charge in [-0.05, 0) is 88.2 Å². The highest BCUT2D eigenvalue weighted by atomic mass is 16.6. The molecule has 0 radical (unpaired) electrons. The van der Waals surface area contributed by atoms with Gasteiger partial charge in [0.15, 0.2) is 0 Å². The van der Waals surface area contributed by atoms with Crippen LogP contribution in [0.2, 0.25) is 0 Å². The number of nitrogens with zero attached hydrogens (tertiary/aromatic N) is 5. The van der Waals surface area contributed by atoms with Crippen molar-refractivity contribution in [2.75, 3.05) is 36.6 Å². The molecule has 1 atom stereocenters. The number of anilines is 2. The van der Waals surface area contributed by atoms with Gasteiger partial charge in [-0.2, -0.15) is 4.99 Å². The number of aliphatic imine (C=N–C) groups is 1. The van der Waals surface area contributed by atoms with Crippen molar-refractivity contribution in [3.05, 3.63) is 83.8 Å². The van der Waals surface area contributed by atoms with Crippen LogP contribution in [-0.2, 0) is 42.1 Å². The number of nitrogens with one attached hydrogen (secondary N) is 2. The fourth-order valence-electron chi connectivity index (χ4n) is 5.39. The molecule has 0 saturated carbocycles. The maximum absolute atomic E-state index is 13.7. The zero-order valence-corrected chi connectivity index (χ0v) is 33.2. The predicted molar refractivity (Wildman–Crippen MR) is 213 cm³/mol. The predicted octanol–water partition coefficient (Wildman–Crippen LogP) is 5.11. The summed E-state index contributed by atoms with van der Waals surface area (Å²) in [6, 6.07) is 16.4. The maximum Gasteiger partial charge on any atom is 0.435 e. The summed E-state index contributed by atoms with van der Waals surface area (Å²) in [7, 11) is 1.88.